The summed E-state index contributed by atoms with van der Waals surface area (Å²) in [5.41, 5.74) is 2.84. The third kappa shape index (κ3) is 4.10. The first-order chi connectivity index (χ1) is 10.9. The molecule has 0 aliphatic heterocycles. The minimum atomic E-state index is 0.500. The Kier molecular flexibility index (Phi) is 5.48. The molecule has 0 unspecified atom stereocenters. The minimum absolute atomic E-state index is 0.500. The molecule has 0 N–H and O–H groups in total. The van der Waals surface area contributed by atoms with E-state index in [-0.39, 0.29) is 0 Å². The van der Waals surface area contributed by atoms with Crippen molar-refractivity contribution in [3.63, 3.8) is 0 Å². The molecule has 0 aromatic heterocycles. The van der Waals surface area contributed by atoms with Crippen molar-refractivity contribution < 1.29 is 0 Å². The van der Waals surface area contributed by atoms with Crippen molar-refractivity contribution in [2.45, 2.75) is 17.7 Å². The third-order valence-corrected chi connectivity index (χ3v) is 5.96. The van der Waals surface area contributed by atoms with Gasteiger partial charge in [0.05, 0.1) is 0 Å². The summed E-state index contributed by atoms with van der Waals surface area (Å²) >= 11 is 0.539. The Labute approximate surface area is 139 Å². The molecule has 0 spiro atoms. The van der Waals surface area contributed by atoms with Crippen LogP contribution in [0, 0.1) is 6.07 Å². The molecular weight excluding hydrogens is 331 g/mol. The predicted molar refractivity (Wildman–Crippen MR) is 94.8 cm³/mol. The first-order valence-corrected chi connectivity index (χ1v) is 9.69. The van der Waals surface area contributed by atoms with E-state index in [1.54, 1.807) is 0 Å². The molecule has 109 valence electrons. The fourth-order valence-electron chi connectivity index (χ4n) is 2.66. The number of hydrogen-bond acceptors (Lipinski definition) is 0. The zero-order valence-corrected chi connectivity index (χ0v) is 14.2. The summed E-state index contributed by atoms with van der Waals surface area (Å²) in [7, 11) is 0. The average molecular weight is 350 g/mol. The van der Waals surface area contributed by atoms with E-state index in [9.17, 15) is 0 Å². The summed E-state index contributed by atoms with van der Waals surface area (Å²) in [6.45, 7) is 0. The van der Waals surface area contributed by atoms with Crippen LogP contribution in [0.2, 0.25) is 5.32 Å². The normalized spacial score (nSPS) is 10.8. The third-order valence-electron chi connectivity index (χ3n) is 3.77. The van der Waals surface area contributed by atoms with Crippen LogP contribution < -0.4 is 4.46 Å². The first kappa shape index (κ1) is 15.1. The molecule has 0 heterocycles. The van der Waals surface area contributed by atoms with Crippen molar-refractivity contribution in [2.24, 2.45) is 0 Å². The Bertz CT molecular complexity index is 623. The molecule has 0 saturated heterocycles. The molecule has 0 fully saturated rings. The molecule has 1 radical (unpaired) electrons. The van der Waals surface area contributed by atoms with E-state index in [4.69, 9.17) is 0 Å². The summed E-state index contributed by atoms with van der Waals surface area (Å²) in [4.78, 5) is 0. The monoisotopic (exact) mass is 351 g/mol. The van der Waals surface area contributed by atoms with Crippen LogP contribution in [0.5, 0.6) is 0 Å². The van der Waals surface area contributed by atoms with E-state index in [1.807, 2.05) is 12.1 Å². The van der Waals surface area contributed by atoms with Crippen LogP contribution in [-0.2, 0) is 0 Å². The first-order valence-electron chi connectivity index (χ1n) is 7.62. The molecule has 3 aromatic carbocycles. The number of benzene rings is 3. The predicted octanol–water partition coefficient (Wildman–Crippen LogP) is 4.46. The van der Waals surface area contributed by atoms with Gasteiger partial charge in [-0.15, -0.1) is 0 Å². The zero-order chi connectivity index (χ0) is 15.0. The molecule has 0 aliphatic rings. The van der Waals surface area contributed by atoms with Gasteiger partial charge in [0.2, 0.25) is 0 Å². The van der Waals surface area contributed by atoms with Crippen LogP contribution in [0.4, 0.5) is 0 Å². The second kappa shape index (κ2) is 7.98. The van der Waals surface area contributed by atoms with Gasteiger partial charge in [-0.1, -0.05) is 0 Å². The van der Waals surface area contributed by atoms with Crippen LogP contribution in [-0.4, -0.2) is 15.0 Å². The molecule has 0 saturated carbocycles. The molecule has 0 bridgehead atoms. The quantitative estimate of drug-likeness (QED) is 0.576. The van der Waals surface area contributed by atoms with Gasteiger partial charge in [-0.3, -0.25) is 0 Å². The Morgan fingerprint density at radius 1 is 0.727 bits per heavy atom. The average Bonchev–Trinajstić information content (AvgIpc) is 2.61. The van der Waals surface area contributed by atoms with Gasteiger partial charge in [0, 0.05) is 0 Å². The maximum atomic E-state index is 3.09. The van der Waals surface area contributed by atoms with Crippen LogP contribution in [0.1, 0.15) is 23.5 Å². The van der Waals surface area contributed by atoms with Crippen molar-refractivity contribution in [2.75, 3.05) is 0 Å². The van der Waals surface area contributed by atoms with Gasteiger partial charge in [0.15, 0.2) is 0 Å². The Morgan fingerprint density at radius 2 is 1.27 bits per heavy atom. The van der Waals surface area contributed by atoms with Crippen molar-refractivity contribution in [1.82, 2.24) is 0 Å². The van der Waals surface area contributed by atoms with Crippen LogP contribution in [0.15, 0.2) is 84.9 Å². The standard InChI is InChI=1S/C21H19Se/c1-4-10-18(11-5-1)21(19-12-6-2-7-13-19)16-17-22-20-14-8-3-9-15-20/h1-2,4-15,21H,16-17H2. The van der Waals surface area contributed by atoms with Crippen LogP contribution in [0.3, 0.4) is 0 Å². The molecule has 0 atom stereocenters. The SMILES string of the molecule is [c]1ccc([Se]CCC(c2ccccc2)c2ccccc2)cc1. The molecule has 3 rings (SSSR count). The van der Waals surface area contributed by atoms with Crippen LogP contribution in [0.25, 0.3) is 0 Å². The van der Waals surface area contributed by atoms with Gasteiger partial charge in [-0.25, -0.2) is 0 Å². The van der Waals surface area contributed by atoms with E-state index in [1.165, 1.54) is 27.3 Å². The van der Waals surface area contributed by atoms with Crippen molar-refractivity contribution in [3.8, 4) is 0 Å². The Morgan fingerprint density at radius 3 is 1.82 bits per heavy atom. The van der Waals surface area contributed by atoms with Gasteiger partial charge in [0.1, 0.15) is 0 Å². The van der Waals surface area contributed by atoms with Crippen molar-refractivity contribution in [1.29, 1.82) is 0 Å². The molecule has 3 aromatic rings. The second-order valence-corrected chi connectivity index (χ2v) is 7.70. The van der Waals surface area contributed by atoms with Gasteiger partial charge in [0.25, 0.3) is 0 Å². The summed E-state index contributed by atoms with van der Waals surface area (Å²) in [5.74, 6) is 0.500. The topological polar surface area (TPSA) is 0 Å². The summed E-state index contributed by atoms with van der Waals surface area (Å²) < 4.78 is 1.46. The molecule has 0 nitrogen and oxygen atoms in total. The molecule has 22 heavy (non-hydrogen) atoms. The van der Waals surface area contributed by atoms with E-state index in [0.29, 0.717) is 20.9 Å². The van der Waals surface area contributed by atoms with Crippen molar-refractivity contribution in [3.05, 3.63) is 102 Å². The number of hydrogen-bond donors (Lipinski definition) is 0. The fraction of sp³-hybridized carbons (Fsp3) is 0.143. The van der Waals surface area contributed by atoms with Crippen molar-refractivity contribution >= 4 is 19.4 Å². The Balaban J connectivity index is 1.72. The van der Waals surface area contributed by atoms with Gasteiger partial charge >= 0.3 is 139 Å². The summed E-state index contributed by atoms with van der Waals surface area (Å²) in [6.07, 6.45) is 1.20. The van der Waals surface area contributed by atoms with Gasteiger partial charge < -0.3 is 0 Å². The van der Waals surface area contributed by atoms with E-state index < -0.39 is 0 Å². The van der Waals surface area contributed by atoms with Crippen LogP contribution >= 0.6 is 0 Å². The zero-order valence-electron chi connectivity index (χ0n) is 12.5. The fourth-order valence-corrected chi connectivity index (χ4v) is 4.58. The molecule has 0 aliphatic carbocycles. The van der Waals surface area contributed by atoms with E-state index in [0.717, 1.165) is 0 Å². The number of rotatable bonds is 6. The molecular formula is C21H19Se. The summed E-state index contributed by atoms with van der Waals surface area (Å²) in [5, 5.41) is 1.26. The molecule has 1 heteroatoms. The summed E-state index contributed by atoms with van der Waals surface area (Å²) in [6, 6.07) is 33.3. The van der Waals surface area contributed by atoms with E-state index in [2.05, 4.69) is 78.9 Å². The molecule has 0 amide bonds. The Hall–Kier alpha value is -1.82. The van der Waals surface area contributed by atoms with Gasteiger partial charge in [-0.05, 0) is 0 Å². The second-order valence-electron chi connectivity index (χ2n) is 5.25. The van der Waals surface area contributed by atoms with E-state index >= 15 is 0 Å². The van der Waals surface area contributed by atoms with Gasteiger partial charge in [-0.2, -0.15) is 0 Å². The maximum absolute atomic E-state index is 3.09.